The Bertz CT molecular complexity index is 590. The summed E-state index contributed by atoms with van der Waals surface area (Å²) in [6.07, 6.45) is 3.43. The second-order valence-electron chi connectivity index (χ2n) is 4.72. The normalized spacial score (nSPS) is 10.6. The number of hydrogen-bond donors (Lipinski definition) is 1. The number of ether oxygens (including phenoxy) is 2. The smallest absolute Gasteiger partial charge is 0.146 e. The molecule has 0 bridgehead atoms. The zero-order valence-electron chi connectivity index (χ0n) is 12.2. The van der Waals surface area contributed by atoms with Crippen LogP contribution in [0.5, 0.6) is 11.5 Å². The third kappa shape index (κ3) is 5.12. The Kier molecular flexibility index (Phi) is 6.17. The number of aromatic nitrogens is 1. The van der Waals surface area contributed by atoms with Gasteiger partial charge in [-0.1, -0.05) is 17.7 Å². The molecule has 0 aliphatic rings. The lowest BCUT2D eigenvalue weighted by molar-refractivity contribution is 0.199. The lowest BCUT2D eigenvalue weighted by atomic mass is 10.1. The largest absolute Gasteiger partial charge is 0.455 e. The molecule has 1 aromatic carbocycles. The summed E-state index contributed by atoms with van der Waals surface area (Å²) >= 11 is 3.40. The maximum Gasteiger partial charge on any atom is 0.146 e. The van der Waals surface area contributed by atoms with Crippen LogP contribution in [0.4, 0.5) is 0 Å². The molecule has 1 heterocycles. The first kappa shape index (κ1) is 15.9. The van der Waals surface area contributed by atoms with Gasteiger partial charge in [0.25, 0.3) is 0 Å². The van der Waals surface area contributed by atoms with Crippen molar-refractivity contribution in [2.24, 2.45) is 0 Å². The summed E-state index contributed by atoms with van der Waals surface area (Å²) in [7, 11) is 1.70. The molecule has 0 aliphatic carbocycles. The molecule has 0 fully saturated rings. The molecule has 2 aromatic rings. The van der Waals surface area contributed by atoms with Crippen LogP contribution in [0.1, 0.15) is 11.1 Å². The SMILES string of the molecule is COCCNCc1cc(C)ccc1Oc1cncc(Br)c1. The van der Waals surface area contributed by atoms with Gasteiger partial charge in [0.1, 0.15) is 11.5 Å². The minimum Gasteiger partial charge on any atom is -0.455 e. The number of benzene rings is 1. The summed E-state index contributed by atoms with van der Waals surface area (Å²) in [5.41, 5.74) is 2.32. The fraction of sp³-hybridized carbons (Fsp3) is 0.312. The quantitative estimate of drug-likeness (QED) is 0.773. The molecule has 21 heavy (non-hydrogen) atoms. The first-order valence-electron chi connectivity index (χ1n) is 6.76. The summed E-state index contributed by atoms with van der Waals surface area (Å²) in [6.45, 7) is 4.31. The predicted molar refractivity (Wildman–Crippen MR) is 86.8 cm³/mol. The topological polar surface area (TPSA) is 43.4 Å². The van der Waals surface area contributed by atoms with Gasteiger partial charge in [-0.15, -0.1) is 0 Å². The highest BCUT2D eigenvalue weighted by molar-refractivity contribution is 9.10. The van der Waals surface area contributed by atoms with E-state index in [1.807, 2.05) is 18.2 Å². The summed E-state index contributed by atoms with van der Waals surface area (Å²) in [5, 5.41) is 3.34. The highest BCUT2D eigenvalue weighted by Crippen LogP contribution is 2.27. The highest BCUT2D eigenvalue weighted by Gasteiger charge is 2.06. The van der Waals surface area contributed by atoms with E-state index in [1.165, 1.54) is 5.56 Å². The average molecular weight is 351 g/mol. The zero-order chi connectivity index (χ0) is 15.1. The number of methoxy groups -OCH3 is 1. The Hall–Kier alpha value is -1.43. The van der Waals surface area contributed by atoms with Gasteiger partial charge in [0, 0.05) is 36.4 Å². The molecular formula is C16H19BrN2O2. The Morgan fingerprint density at radius 2 is 2.10 bits per heavy atom. The van der Waals surface area contributed by atoms with E-state index in [-0.39, 0.29) is 0 Å². The molecule has 1 N–H and O–H groups in total. The number of nitrogens with zero attached hydrogens (tertiary/aromatic N) is 1. The summed E-state index contributed by atoms with van der Waals surface area (Å²) in [5.74, 6) is 1.55. The Labute approximate surface area is 133 Å². The van der Waals surface area contributed by atoms with Gasteiger partial charge in [-0.2, -0.15) is 0 Å². The number of nitrogens with one attached hydrogen (secondary N) is 1. The van der Waals surface area contributed by atoms with Crippen LogP contribution in [0.15, 0.2) is 41.1 Å². The first-order valence-corrected chi connectivity index (χ1v) is 7.56. The number of rotatable bonds is 7. The molecule has 0 radical (unpaired) electrons. The van der Waals surface area contributed by atoms with E-state index in [0.717, 1.165) is 28.9 Å². The van der Waals surface area contributed by atoms with Crippen LogP contribution in [0.3, 0.4) is 0 Å². The standard InChI is InChI=1S/C16H19BrN2O2/c1-12-3-4-16(13(7-12)9-18-5-6-20-2)21-15-8-14(17)10-19-11-15/h3-4,7-8,10-11,18H,5-6,9H2,1-2H3. The van der Waals surface area contributed by atoms with E-state index in [0.29, 0.717) is 12.4 Å². The minimum atomic E-state index is 0.692. The van der Waals surface area contributed by atoms with Crippen molar-refractivity contribution in [1.29, 1.82) is 0 Å². The van der Waals surface area contributed by atoms with E-state index in [4.69, 9.17) is 9.47 Å². The minimum absolute atomic E-state index is 0.692. The van der Waals surface area contributed by atoms with Gasteiger partial charge in [0.15, 0.2) is 0 Å². The average Bonchev–Trinajstić information content (AvgIpc) is 2.46. The monoisotopic (exact) mass is 350 g/mol. The number of pyridine rings is 1. The van der Waals surface area contributed by atoms with E-state index in [2.05, 4.69) is 39.2 Å². The summed E-state index contributed by atoms with van der Waals surface area (Å²) in [4.78, 5) is 4.11. The third-order valence-corrected chi connectivity index (χ3v) is 3.36. The molecule has 4 nitrogen and oxygen atoms in total. The van der Waals surface area contributed by atoms with E-state index in [9.17, 15) is 0 Å². The Balaban J connectivity index is 2.10. The summed E-state index contributed by atoms with van der Waals surface area (Å²) < 4.78 is 11.9. The van der Waals surface area contributed by atoms with Gasteiger partial charge in [-0.3, -0.25) is 4.98 Å². The second-order valence-corrected chi connectivity index (χ2v) is 5.64. The van der Waals surface area contributed by atoms with Crippen molar-refractivity contribution >= 4 is 15.9 Å². The number of hydrogen-bond acceptors (Lipinski definition) is 4. The van der Waals surface area contributed by atoms with E-state index < -0.39 is 0 Å². The molecule has 0 spiro atoms. The van der Waals surface area contributed by atoms with E-state index in [1.54, 1.807) is 19.5 Å². The van der Waals surface area contributed by atoms with E-state index >= 15 is 0 Å². The molecule has 112 valence electrons. The maximum atomic E-state index is 5.94. The van der Waals surface area contributed by atoms with Gasteiger partial charge < -0.3 is 14.8 Å². The van der Waals surface area contributed by atoms with Crippen molar-refractivity contribution in [3.05, 3.63) is 52.3 Å². The molecule has 0 unspecified atom stereocenters. The van der Waals surface area contributed by atoms with Crippen molar-refractivity contribution in [3.8, 4) is 11.5 Å². The molecular weight excluding hydrogens is 332 g/mol. The van der Waals surface area contributed by atoms with Crippen LogP contribution >= 0.6 is 15.9 Å². The van der Waals surface area contributed by atoms with Crippen molar-refractivity contribution in [3.63, 3.8) is 0 Å². The maximum absolute atomic E-state index is 5.94. The van der Waals surface area contributed by atoms with Crippen LogP contribution in [0.2, 0.25) is 0 Å². The zero-order valence-corrected chi connectivity index (χ0v) is 13.8. The molecule has 0 saturated carbocycles. The van der Waals surface area contributed by atoms with Crippen molar-refractivity contribution in [1.82, 2.24) is 10.3 Å². The van der Waals surface area contributed by atoms with Crippen LogP contribution in [-0.4, -0.2) is 25.2 Å². The fourth-order valence-electron chi connectivity index (χ4n) is 1.92. The van der Waals surface area contributed by atoms with Gasteiger partial charge in [0.2, 0.25) is 0 Å². The predicted octanol–water partition coefficient (Wildman–Crippen LogP) is 3.68. The Morgan fingerprint density at radius 3 is 2.86 bits per heavy atom. The molecule has 0 aliphatic heterocycles. The van der Waals surface area contributed by atoms with Gasteiger partial charge >= 0.3 is 0 Å². The molecule has 0 amide bonds. The molecule has 0 saturated heterocycles. The van der Waals surface area contributed by atoms with Crippen LogP contribution in [-0.2, 0) is 11.3 Å². The molecule has 0 atom stereocenters. The van der Waals surface area contributed by atoms with Crippen molar-refractivity contribution in [2.75, 3.05) is 20.3 Å². The number of halogens is 1. The second kappa shape index (κ2) is 8.12. The Morgan fingerprint density at radius 1 is 1.24 bits per heavy atom. The molecule has 1 aromatic heterocycles. The van der Waals surface area contributed by atoms with Gasteiger partial charge in [-0.05, 0) is 35.0 Å². The van der Waals surface area contributed by atoms with Gasteiger partial charge in [0.05, 0.1) is 12.8 Å². The van der Waals surface area contributed by atoms with Crippen molar-refractivity contribution < 1.29 is 9.47 Å². The summed E-state index contributed by atoms with van der Waals surface area (Å²) in [6, 6.07) is 8.05. The van der Waals surface area contributed by atoms with Gasteiger partial charge in [-0.25, -0.2) is 0 Å². The molecule has 5 heteroatoms. The third-order valence-electron chi connectivity index (χ3n) is 2.92. The van der Waals surface area contributed by atoms with Crippen LogP contribution < -0.4 is 10.1 Å². The number of aryl methyl sites for hydroxylation is 1. The van der Waals surface area contributed by atoms with Crippen LogP contribution in [0, 0.1) is 6.92 Å². The molecule has 2 rings (SSSR count). The van der Waals surface area contributed by atoms with Crippen molar-refractivity contribution in [2.45, 2.75) is 13.5 Å². The fourth-order valence-corrected chi connectivity index (χ4v) is 2.26. The lowest BCUT2D eigenvalue weighted by Crippen LogP contribution is -2.18. The van der Waals surface area contributed by atoms with Crippen LogP contribution in [0.25, 0.3) is 0 Å². The first-order chi connectivity index (χ1) is 10.2. The lowest BCUT2D eigenvalue weighted by Gasteiger charge is -2.13. The highest BCUT2D eigenvalue weighted by atomic mass is 79.9.